The molecule has 74 valence electrons. The summed E-state index contributed by atoms with van der Waals surface area (Å²) in [6, 6.07) is 0. The fourth-order valence-electron chi connectivity index (χ4n) is 1.03. The Kier molecular flexibility index (Phi) is 8.68. The zero-order chi connectivity index (χ0) is 9.94. The first-order valence-corrected chi connectivity index (χ1v) is 4.95. The lowest BCUT2D eigenvalue weighted by Gasteiger charge is -2.02. The highest BCUT2D eigenvalue weighted by atomic mass is 16.3. The van der Waals surface area contributed by atoms with Crippen molar-refractivity contribution < 1.29 is 5.11 Å². The zero-order valence-corrected chi connectivity index (χ0v) is 8.45. The van der Waals surface area contributed by atoms with Gasteiger partial charge in [-0.1, -0.05) is 63.1 Å². The van der Waals surface area contributed by atoms with Crippen molar-refractivity contribution in [3.63, 3.8) is 0 Å². The molecule has 0 aliphatic carbocycles. The Hall–Kier alpha value is -0.820. The van der Waals surface area contributed by atoms with Crippen LogP contribution < -0.4 is 0 Å². The average Bonchev–Trinajstić information content (AvgIpc) is 2.13. The molecule has 0 radical (unpaired) electrons. The van der Waals surface area contributed by atoms with Crippen LogP contribution in [0.4, 0.5) is 0 Å². The Bertz CT molecular complexity index is 168. The van der Waals surface area contributed by atoms with Gasteiger partial charge >= 0.3 is 0 Å². The molecule has 0 bridgehead atoms. The first-order chi connectivity index (χ1) is 6.31. The molecule has 1 unspecified atom stereocenters. The second-order valence-corrected chi connectivity index (χ2v) is 3.07. The van der Waals surface area contributed by atoms with Gasteiger partial charge in [0.1, 0.15) is 0 Å². The van der Waals surface area contributed by atoms with Crippen LogP contribution in [0.1, 0.15) is 32.6 Å². The standard InChI is InChI=1S/C12H20O/c1-3-5-7-9-11-12(13)10-8-6-4-2/h3,5,7,9,11-13H,1,4,6,8,10H2,2H3. The number of allylic oxidation sites excluding steroid dienone is 4. The molecule has 1 heteroatoms. The van der Waals surface area contributed by atoms with E-state index in [-0.39, 0.29) is 6.10 Å². The largest absolute Gasteiger partial charge is 0.389 e. The predicted molar refractivity (Wildman–Crippen MR) is 58.6 cm³/mol. The van der Waals surface area contributed by atoms with Crippen LogP contribution in [0.3, 0.4) is 0 Å². The van der Waals surface area contributed by atoms with Crippen molar-refractivity contribution in [2.75, 3.05) is 0 Å². The summed E-state index contributed by atoms with van der Waals surface area (Å²) in [5.41, 5.74) is 0. The molecule has 0 aromatic carbocycles. The Labute approximate surface area is 81.5 Å². The first kappa shape index (κ1) is 12.2. The number of unbranched alkanes of at least 4 members (excludes halogenated alkanes) is 2. The van der Waals surface area contributed by atoms with Gasteiger partial charge in [-0.15, -0.1) is 0 Å². The maximum atomic E-state index is 9.43. The lowest BCUT2D eigenvalue weighted by Crippen LogP contribution is -2.00. The van der Waals surface area contributed by atoms with Gasteiger partial charge in [0, 0.05) is 0 Å². The molecular weight excluding hydrogens is 160 g/mol. The number of hydrogen-bond acceptors (Lipinski definition) is 1. The number of aliphatic hydroxyl groups excluding tert-OH is 1. The minimum absolute atomic E-state index is 0.291. The SMILES string of the molecule is C=CC=CC=CC(O)CCCCC. The van der Waals surface area contributed by atoms with Crippen molar-refractivity contribution in [2.24, 2.45) is 0 Å². The van der Waals surface area contributed by atoms with Crippen LogP contribution >= 0.6 is 0 Å². The minimum atomic E-state index is -0.291. The van der Waals surface area contributed by atoms with Crippen LogP contribution in [0, 0.1) is 0 Å². The number of aliphatic hydroxyl groups is 1. The third-order valence-corrected chi connectivity index (χ3v) is 1.80. The third-order valence-electron chi connectivity index (χ3n) is 1.80. The summed E-state index contributed by atoms with van der Waals surface area (Å²) in [7, 11) is 0. The normalized spacial score (nSPS) is 14.0. The highest BCUT2D eigenvalue weighted by Crippen LogP contribution is 2.03. The number of rotatable bonds is 7. The fraction of sp³-hybridized carbons (Fsp3) is 0.500. The van der Waals surface area contributed by atoms with Crippen LogP contribution in [0.25, 0.3) is 0 Å². The van der Waals surface area contributed by atoms with Crippen LogP contribution in [0.5, 0.6) is 0 Å². The van der Waals surface area contributed by atoms with Crippen LogP contribution in [-0.4, -0.2) is 11.2 Å². The fourth-order valence-corrected chi connectivity index (χ4v) is 1.03. The molecule has 0 aromatic rings. The summed E-state index contributed by atoms with van der Waals surface area (Å²) in [6.45, 7) is 5.72. The summed E-state index contributed by atoms with van der Waals surface area (Å²) in [4.78, 5) is 0. The molecule has 0 aliphatic heterocycles. The highest BCUT2D eigenvalue weighted by molar-refractivity contribution is 5.10. The maximum absolute atomic E-state index is 9.43. The Morgan fingerprint density at radius 1 is 1.23 bits per heavy atom. The minimum Gasteiger partial charge on any atom is -0.389 e. The van der Waals surface area contributed by atoms with Crippen LogP contribution in [0.2, 0.25) is 0 Å². The molecule has 0 rings (SSSR count). The van der Waals surface area contributed by atoms with Crippen molar-refractivity contribution in [3.8, 4) is 0 Å². The van der Waals surface area contributed by atoms with Gasteiger partial charge in [0.05, 0.1) is 6.10 Å². The topological polar surface area (TPSA) is 20.2 Å². The van der Waals surface area contributed by atoms with Gasteiger partial charge in [0.25, 0.3) is 0 Å². The summed E-state index contributed by atoms with van der Waals surface area (Å²) in [5, 5.41) is 9.43. The maximum Gasteiger partial charge on any atom is 0.0723 e. The van der Waals surface area contributed by atoms with E-state index in [1.807, 2.05) is 24.3 Å². The van der Waals surface area contributed by atoms with Crippen molar-refractivity contribution in [2.45, 2.75) is 38.7 Å². The van der Waals surface area contributed by atoms with Gasteiger partial charge in [-0.25, -0.2) is 0 Å². The molecule has 0 aliphatic rings. The molecule has 0 spiro atoms. The third kappa shape index (κ3) is 9.09. The predicted octanol–water partition coefficient (Wildman–Crippen LogP) is 3.23. The molecule has 13 heavy (non-hydrogen) atoms. The molecular formula is C12H20O. The van der Waals surface area contributed by atoms with Gasteiger partial charge in [-0.05, 0) is 6.42 Å². The summed E-state index contributed by atoms with van der Waals surface area (Å²) < 4.78 is 0. The zero-order valence-electron chi connectivity index (χ0n) is 8.45. The molecule has 1 N–H and O–H groups in total. The molecule has 0 fully saturated rings. The van der Waals surface area contributed by atoms with E-state index in [4.69, 9.17) is 0 Å². The molecule has 1 atom stereocenters. The number of hydrogen-bond donors (Lipinski definition) is 1. The quantitative estimate of drug-likeness (QED) is 0.471. The van der Waals surface area contributed by atoms with E-state index in [0.29, 0.717) is 0 Å². The molecule has 0 amide bonds. The summed E-state index contributed by atoms with van der Waals surface area (Å²) in [6.07, 6.45) is 13.2. The lowest BCUT2D eigenvalue weighted by molar-refractivity contribution is 0.208. The van der Waals surface area contributed by atoms with E-state index in [0.717, 1.165) is 12.8 Å². The van der Waals surface area contributed by atoms with E-state index in [1.54, 1.807) is 6.08 Å². The van der Waals surface area contributed by atoms with E-state index in [2.05, 4.69) is 13.5 Å². The summed E-state index contributed by atoms with van der Waals surface area (Å²) >= 11 is 0. The first-order valence-electron chi connectivity index (χ1n) is 4.95. The van der Waals surface area contributed by atoms with E-state index < -0.39 is 0 Å². The van der Waals surface area contributed by atoms with Crippen molar-refractivity contribution in [1.29, 1.82) is 0 Å². The average molecular weight is 180 g/mol. The van der Waals surface area contributed by atoms with Crippen molar-refractivity contribution in [3.05, 3.63) is 37.0 Å². The van der Waals surface area contributed by atoms with Gasteiger partial charge in [-0.2, -0.15) is 0 Å². The van der Waals surface area contributed by atoms with E-state index in [1.165, 1.54) is 12.8 Å². The van der Waals surface area contributed by atoms with Crippen LogP contribution in [0.15, 0.2) is 37.0 Å². The monoisotopic (exact) mass is 180 g/mol. The van der Waals surface area contributed by atoms with Gasteiger partial charge in [0.15, 0.2) is 0 Å². The second kappa shape index (κ2) is 9.27. The van der Waals surface area contributed by atoms with Crippen LogP contribution in [-0.2, 0) is 0 Å². The van der Waals surface area contributed by atoms with Gasteiger partial charge in [0.2, 0.25) is 0 Å². The molecule has 0 aromatic heterocycles. The Balaban J connectivity index is 3.48. The second-order valence-electron chi connectivity index (χ2n) is 3.07. The smallest absolute Gasteiger partial charge is 0.0723 e. The Morgan fingerprint density at radius 2 is 2.00 bits per heavy atom. The lowest BCUT2D eigenvalue weighted by atomic mass is 10.1. The summed E-state index contributed by atoms with van der Waals surface area (Å²) in [5.74, 6) is 0. The molecule has 0 saturated carbocycles. The molecule has 0 heterocycles. The highest BCUT2D eigenvalue weighted by Gasteiger charge is 1.96. The van der Waals surface area contributed by atoms with E-state index >= 15 is 0 Å². The van der Waals surface area contributed by atoms with Crippen molar-refractivity contribution >= 4 is 0 Å². The molecule has 1 nitrogen and oxygen atoms in total. The van der Waals surface area contributed by atoms with Gasteiger partial charge in [-0.3, -0.25) is 0 Å². The van der Waals surface area contributed by atoms with Crippen molar-refractivity contribution in [1.82, 2.24) is 0 Å². The van der Waals surface area contributed by atoms with E-state index in [9.17, 15) is 5.11 Å². The van der Waals surface area contributed by atoms with Gasteiger partial charge < -0.3 is 5.11 Å². The Morgan fingerprint density at radius 3 is 2.62 bits per heavy atom. The molecule has 0 saturated heterocycles.